The molecule has 0 aliphatic carbocycles. The van der Waals surface area contributed by atoms with Gasteiger partial charge in [0.05, 0.1) is 10.7 Å². The Morgan fingerprint density at radius 3 is 2.54 bits per heavy atom. The van der Waals surface area contributed by atoms with E-state index in [1.165, 1.54) is 19.1 Å². The zero-order chi connectivity index (χ0) is 17.5. The second-order valence-corrected chi connectivity index (χ2v) is 5.76. The number of carbonyl (C=O) groups excluding carboxylic acids is 2. The van der Waals surface area contributed by atoms with Crippen LogP contribution in [0, 0.1) is 5.82 Å². The number of hydrogen-bond acceptors (Lipinski definition) is 2. The van der Waals surface area contributed by atoms with Gasteiger partial charge in [0, 0.05) is 26.4 Å². The summed E-state index contributed by atoms with van der Waals surface area (Å²) >= 11 is 5.91. The molecule has 0 heterocycles. The van der Waals surface area contributed by atoms with Crippen molar-refractivity contribution in [3.05, 3.63) is 64.9 Å². The summed E-state index contributed by atoms with van der Waals surface area (Å²) in [6, 6.07) is 13.3. The molecule has 6 heteroatoms. The highest BCUT2D eigenvalue weighted by molar-refractivity contribution is 6.33. The molecule has 2 amide bonds. The third-order valence-corrected chi connectivity index (χ3v) is 3.80. The molecular weight excluding hydrogens is 331 g/mol. The molecule has 2 aromatic rings. The van der Waals surface area contributed by atoms with Gasteiger partial charge >= 0.3 is 0 Å². The van der Waals surface area contributed by atoms with Crippen molar-refractivity contribution in [2.45, 2.75) is 19.9 Å². The molecule has 24 heavy (non-hydrogen) atoms. The van der Waals surface area contributed by atoms with Gasteiger partial charge < -0.3 is 10.2 Å². The van der Waals surface area contributed by atoms with Crippen LogP contribution in [0.5, 0.6) is 0 Å². The topological polar surface area (TPSA) is 49.4 Å². The summed E-state index contributed by atoms with van der Waals surface area (Å²) < 4.78 is 13.2. The summed E-state index contributed by atoms with van der Waals surface area (Å²) in [5, 5.41) is 2.82. The Kier molecular flexibility index (Phi) is 6.32. The molecule has 2 rings (SSSR count). The van der Waals surface area contributed by atoms with Crippen LogP contribution >= 0.6 is 11.6 Å². The van der Waals surface area contributed by atoms with Crippen molar-refractivity contribution in [3.63, 3.8) is 0 Å². The van der Waals surface area contributed by atoms with Crippen molar-refractivity contribution in [1.29, 1.82) is 0 Å². The molecule has 0 aromatic heterocycles. The molecule has 0 saturated heterocycles. The molecule has 4 nitrogen and oxygen atoms in total. The van der Waals surface area contributed by atoms with E-state index in [0.29, 0.717) is 6.54 Å². The van der Waals surface area contributed by atoms with Crippen LogP contribution in [0.15, 0.2) is 48.5 Å². The number of amides is 2. The Bertz CT molecular complexity index is 722. The highest BCUT2D eigenvalue weighted by Gasteiger charge is 2.13. The summed E-state index contributed by atoms with van der Waals surface area (Å²) in [7, 11) is 0. The first kappa shape index (κ1) is 17.9. The lowest BCUT2D eigenvalue weighted by Crippen LogP contribution is -2.31. The van der Waals surface area contributed by atoms with Gasteiger partial charge in [0.1, 0.15) is 5.82 Å². The minimum absolute atomic E-state index is 0.0965. The molecular formula is C18H18ClFN2O2. The number of benzene rings is 2. The van der Waals surface area contributed by atoms with E-state index in [1.54, 1.807) is 4.90 Å². The van der Waals surface area contributed by atoms with Gasteiger partial charge in [-0.2, -0.15) is 0 Å². The number of hydrogen-bond donors (Lipinski definition) is 1. The van der Waals surface area contributed by atoms with E-state index in [2.05, 4.69) is 5.32 Å². The average Bonchev–Trinajstić information content (AvgIpc) is 2.55. The van der Waals surface area contributed by atoms with Gasteiger partial charge in [0.25, 0.3) is 0 Å². The number of rotatable bonds is 6. The zero-order valence-corrected chi connectivity index (χ0v) is 14.0. The quantitative estimate of drug-likeness (QED) is 0.861. The number of nitrogens with one attached hydrogen (secondary N) is 1. The van der Waals surface area contributed by atoms with E-state index in [4.69, 9.17) is 11.6 Å². The van der Waals surface area contributed by atoms with Crippen LogP contribution in [0.25, 0.3) is 0 Å². The van der Waals surface area contributed by atoms with Gasteiger partial charge in [-0.1, -0.05) is 41.9 Å². The highest BCUT2D eigenvalue weighted by Crippen LogP contribution is 2.22. The fourth-order valence-corrected chi connectivity index (χ4v) is 2.36. The van der Waals surface area contributed by atoms with Crippen molar-refractivity contribution in [2.24, 2.45) is 0 Å². The Balaban J connectivity index is 1.92. The lowest BCUT2D eigenvalue weighted by molar-refractivity contribution is -0.129. The maximum absolute atomic E-state index is 13.2. The minimum atomic E-state index is -0.482. The molecule has 0 unspecified atom stereocenters. The van der Waals surface area contributed by atoms with Crippen molar-refractivity contribution in [3.8, 4) is 0 Å². The molecule has 126 valence electrons. The van der Waals surface area contributed by atoms with E-state index in [1.807, 2.05) is 30.3 Å². The molecule has 0 fully saturated rings. The van der Waals surface area contributed by atoms with Gasteiger partial charge in [-0.05, 0) is 23.8 Å². The number of nitrogens with zero attached hydrogens (tertiary/aromatic N) is 1. The van der Waals surface area contributed by atoms with Crippen LogP contribution in [-0.2, 0) is 16.1 Å². The maximum atomic E-state index is 13.2. The van der Waals surface area contributed by atoms with Gasteiger partial charge in [-0.25, -0.2) is 4.39 Å². The minimum Gasteiger partial charge on any atom is -0.338 e. The first-order valence-corrected chi connectivity index (χ1v) is 7.88. The van der Waals surface area contributed by atoms with Crippen molar-refractivity contribution >= 4 is 29.1 Å². The Labute approximate surface area is 145 Å². The lowest BCUT2D eigenvalue weighted by Gasteiger charge is -2.21. The first-order chi connectivity index (χ1) is 11.5. The normalized spacial score (nSPS) is 10.3. The molecule has 0 aliphatic heterocycles. The maximum Gasteiger partial charge on any atom is 0.226 e. The second kappa shape index (κ2) is 8.45. The predicted octanol–water partition coefficient (Wildman–Crippen LogP) is 3.86. The molecule has 0 atom stereocenters. The van der Waals surface area contributed by atoms with Crippen molar-refractivity contribution < 1.29 is 14.0 Å². The molecule has 0 radical (unpaired) electrons. The van der Waals surface area contributed by atoms with Crippen LogP contribution in [-0.4, -0.2) is 23.3 Å². The number of halogens is 2. The van der Waals surface area contributed by atoms with E-state index in [0.717, 1.165) is 11.6 Å². The highest BCUT2D eigenvalue weighted by atomic mass is 35.5. The average molecular weight is 349 g/mol. The van der Waals surface area contributed by atoms with Crippen LogP contribution in [0.3, 0.4) is 0 Å². The third-order valence-electron chi connectivity index (χ3n) is 3.47. The summed E-state index contributed by atoms with van der Waals surface area (Å²) in [5.74, 6) is -0.929. The summed E-state index contributed by atoms with van der Waals surface area (Å²) in [5.41, 5.74) is 1.21. The van der Waals surface area contributed by atoms with E-state index >= 15 is 0 Å². The molecule has 0 bridgehead atoms. The fraction of sp³-hybridized carbons (Fsp3) is 0.222. The first-order valence-electron chi connectivity index (χ1n) is 7.50. The van der Waals surface area contributed by atoms with Gasteiger partial charge in [-0.3, -0.25) is 9.59 Å². The number of carbonyl (C=O) groups is 2. The molecule has 0 saturated carbocycles. The Morgan fingerprint density at radius 1 is 1.17 bits per heavy atom. The summed E-state index contributed by atoms with van der Waals surface area (Å²) in [6.07, 6.45) is 0.0965. The van der Waals surface area contributed by atoms with Crippen LogP contribution in [0.1, 0.15) is 18.9 Å². The van der Waals surface area contributed by atoms with Crippen LogP contribution in [0.4, 0.5) is 10.1 Å². The third kappa shape index (κ3) is 5.35. The van der Waals surface area contributed by atoms with Crippen molar-refractivity contribution in [2.75, 3.05) is 11.9 Å². The lowest BCUT2D eigenvalue weighted by atomic mass is 10.2. The van der Waals surface area contributed by atoms with Gasteiger partial charge in [0.15, 0.2) is 0 Å². The van der Waals surface area contributed by atoms with Crippen molar-refractivity contribution in [1.82, 2.24) is 4.90 Å². The smallest absolute Gasteiger partial charge is 0.226 e. The zero-order valence-electron chi connectivity index (χ0n) is 13.3. The monoisotopic (exact) mass is 348 g/mol. The fourth-order valence-electron chi connectivity index (χ4n) is 2.19. The number of anilines is 1. The molecule has 1 N–H and O–H groups in total. The molecule has 0 spiro atoms. The largest absolute Gasteiger partial charge is 0.338 e. The SMILES string of the molecule is CC(=O)N(CCC(=O)Nc1cc(F)ccc1Cl)Cc1ccccc1. The van der Waals surface area contributed by atoms with Gasteiger partial charge in [-0.15, -0.1) is 0 Å². The van der Waals surface area contributed by atoms with Crippen LogP contribution in [0.2, 0.25) is 5.02 Å². The summed E-state index contributed by atoms with van der Waals surface area (Å²) in [6.45, 7) is 2.16. The van der Waals surface area contributed by atoms with E-state index in [-0.39, 0.29) is 35.5 Å². The Hall–Kier alpha value is -2.40. The van der Waals surface area contributed by atoms with E-state index in [9.17, 15) is 14.0 Å². The van der Waals surface area contributed by atoms with E-state index < -0.39 is 5.82 Å². The molecule has 0 aliphatic rings. The summed E-state index contributed by atoms with van der Waals surface area (Å²) in [4.78, 5) is 25.4. The predicted molar refractivity (Wildman–Crippen MR) is 92.2 cm³/mol. The standard InChI is InChI=1S/C18H18ClFN2O2/c1-13(23)22(12-14-5-3-2-4-6-14)10-9-18(24)21-17-11-15(20)7-8-16(17)19/h2-8,11H,9-10,12H2,1H3,(H,21,24). The van der Waals surface area contributed by atoms with Gasteiger partial charge in [0.2, 0.25) is 11.8 Å². The Morgan fingerprint density at radius 2 is 1.88 bits per heavy atom. The molecule has 2 aromatic carbocycles. The van der Waals surface area contributed by atoms with Crippen LogP contribution < -0.4 is 5.32 Å². The second-order valence-electron chi connectivity index (χ2n) is 5.35.